The molecule has 0 N–H and O–H groups in total. The van der Waals surface area contributed by atoms with Gasteiger partial charge in [-0.05, 0) is 54.0 Å². The van der Waals surface area contributed by atoms with E-state index < -0.39 is 0 Å². The molecule has 0 saturated heterocycles. The molecule has 3 heteroatoms. The first-order valence-electron chi connectivity index (χ1n) is 9.04. The van der Waals surface area contributed by atoms with Crippen LogP contribution < -0.4 is 4.90 Å². The molecule has 0 aliphatic carbocycles. The van der Waals surface area contributed by atoms with Gasteiger partial charge in [0.1, 0.15) is 11.6 Å². The predicted octanol–water partition coefficient (Wildman–Crippen LogP) is 5.86. The summed E-state index contributed by atoms with van der Waals surface area (Å²) < 4.78 is 13.5. The van der Waals surface area contributed by atoms with E-state index in [1.54, 1.807) is 19.1 Å². The zero-order chi connectivity index (χ0) is 18.8. The molecule has 1 atom stereocenters. The molecule has 1 unspecified atom stereocenters. The molecule has 0 spiro atoms. The molecule has 3 aromatic carbocycles. The average Bonchev–Trinajstić information content (AvgIpc) is 2.69. The minimum absolute atomic E-state index is 0.122. The van der Waals surface area contributed by atoms with E-state index >= 15 is 0 Å². The fourth-order valence-corrected chi connectivity index (χ4v) is 3.70. The van der Waals surface area contributed by atoms with E-state index in [2.05, 4.69) is 35.2 Å². The largest absolute Gasteiger partial charge is 0.333 e. The summed E-state index contributed by atoms with van der Waals surface area (Å²) in [6, 6.07) is 24.6. The number of hydrogen-bond donors (Lipinski definition) is 0. The van der Waals surface area contributed by atoms with Gasteiger partial charge in [-0.1, -0.05) is 54.6 Å². The fraction of sp³-hybridized carbons (Fsp3) is 0.125. The predicted molar refractivity (Wildman–Crippen MR) is 108 cm³/mol. The highest BCUT2D eigenvalue weighted by atomic mass is 19.1. The third kappa shape index (κ3) is 3.41. The summed E-state index contributed by atoms with van der Waals surface area (Å²) in [6.07, 6.45) is 2.53. The zero-order valence-electron chi connectivity index (χ0n) is 15.1. The standard InChI is InChI=1S/C24H20FNO/c1-17(27)15-24-22-10-6-5-9-19(22)16-23(18-7-3-2-4-8-18)26(24)21-13-11-20(25)12-14-21/h2-14,16,24H,15H2,1H3. The van der Waals surface area contributed by atoms with Gasteiger partial charge >= 0.3 is 0 Å². The number of benzene rings is 3. The van der Waals surface area contributed by atoms with Crippen LogP contribution in [0.2, 0.25) is 0 Å². The number of fused-ring (bicyclic) bond motifs is 1. The molecule has 0 aromatic heterocycles. The third-order valence-electron chi connectivity index (χ3n) is 4.87. The van der Waals surface area contributed by atoms with Gasteiger partial charge in [0.15, 0.2) is 0 Å². The maximum atomic E-state index is 13.5. The molecule has 1 aliphatic heterocycles. The Hall–Kier alpha value is -3.20. The number of carbonyl (C=O) groups is 1. The quantitative estimate of drug-likeness (QED) is 0.582. The highest BCUT2D eigenvalue weighted by Gasteiger charge is 2.31. The Balaban J connectivity index is 1.94. The smallest absolute Gasteiger partial charge is 0.132 e. The van der Waals surface area contributed by atoms with Crippen molar-refractivity contribution in [2.75, 3.05) is 4.90 Å². The van der Waals surface area contributed by atoms with Crippen molar-refractivity contribution in [3.05, 3.63) is 101 Å². The van der Waals surface area contributed by atoms with Gasteiger partial charge in [-0.15, -0.1) is 0 Å². The number of hydrogen-bond acceptors (Lipinski definition) is 2. The van der Waals surface area contributed by atoms with Crippen LogP contribution in [0.3, 0.4) is 0 Å². The van der Waals surface area contributed by atoms with Crippen molar-refractivity contribution in [3.8, 4) is 0 Å². The Kier molecular flexibility index (Phi) is 4.59. The van der Waals surface area contributed by atoms with Crippen LogP contribution in [0.1, 0.15) is 36.1 Å². The Morgan fingerprint density at radius 2 is 1.59 bits per heavy atom. The summed E-state index contributed by atoms with van der Waals surface area (Å²) in [4.78, 5) is 14.2. The number of ketones is 1. The summed E-state index contributed by atoms with van der Waals surface area (Å²) in [5.41, 5.74) is 5.15. The molecule has 3 aromatic rings. The molecular formula is C24H20FNO. The molecular weight excluding hydrogens is 337 g/mol. The molecule has 0 amide bonds. The van der Waals surface area contributed by atoms with Gasteiger partial charge in [0.2, 0.25) is 0 Å². The Morgan fingerprint density at radius 3 is 2.30 bits per heavy atom. The van der Waals surface area contributed by atoms with Gasteiger partial charge in [-0.3, -0.25) is 4.79 Å². The maximum absolute atomic E-state index is 13.5. The lowest BCUT2D eigenvalue weighted by Crippen LogP contribution is -2.31. The second-order valence-corrected chi connectivity index (χ2v) is 6.79. The molecule has 27 heavy (non-hydrogen) atoms. The molecule has 0 radical (unpaired) electrons. The summed E-state index contributed by atoms with van der Waals surface area (Å²) in [5, 5.41) is 0. The molecule has 4 rings (SSSR count). The average molecular weight is 357 g/mol. The molecule has 1 heterocycles. The Bertz CT molecular complexity index is 992. The van der Waals surface area contributed by atoms with Crippen molar-refractivity contribution in [2.24, 2.45) is 0 Å². The van der Waals surface area contributed by atoms with E-state index in [9.17, 15) is 9.18 Å². The van der Waals surface area contributed by atoms with Crippen LogP contribution in [0, 0.1) is 5.82 Å². The van der Waals surface area contributed by atoms with Crippen LogP contribution >= 0.6 is 0 Å². The van der Waals surface area contributed by atoms with Crippen molar-refractivity contribution in [2.45, 2.75) is 19.4 Å². The first-order valence-corrected chi connectivity index (χ1v) is 9.04. The molecule has 1 aliphatic rings. The van der Waals surface area contributed by atoms with Crippen molar-refractivity contribution in [3.63, 3.8) is 0 Å². The van der Waals surface area contributed by atoms with Gasteiger partial charge in [0.25, 0.3) is 0 Å². The highest BCUT2D eigenvalue weighted by molar-refractivity contribution is 5.94. The second-order valence-electron chi connectivity index (χ2n) is 6.79. The summed E-state index contributed by atoms with van der Waals surface area (Å²) >= 11 is 0. The Labute approximate surface area is 158 Å². The van der Waals surface area contributed by atoms with Gasteiger partial charge < -0.3 is 4.90 Å². The normalized spacial score (nSPS) is 15.9. The van der Waals surface area contributed by atoms with Crippen molar-refractivity contribution >= 4 is 23.2 Å². The SMILES string of the molecule is CC(=O)CC1c2ccccc2C=C(c2ccccc2)N1c1ccc(F)cc1. The lowest BCUT2D eigenvalue weighted by atomic mass is 9.88. The van der Waals surface area contributed by atoms with Crippen molar-refractivity contribution in [1.29, 1.82) is 0 Å². The number of anilines is 1. The molecule has 2 nitrogen and oxygen atoms in total. The fourth-order valence-electron chi connectivity index (χ4n) is 3.70. The first-order chi connectivity index (χ1) is 13.1. The van der Waals surface area contributed by atoms with E-state index in [1.807, 2.05) is 30.3 Å². The number of halogens is 1. The van der Waals surface area contributed by atoms with Crippen LogP contribution in [-0.4, -0.2) is 5.78 Å². The summed E-state index contributed by atoms with van der Waals surface area (Å²) in [5.74, 6) is -0.152. The van der Waals surface area contributed by atoms with Crippen molar-refractivity contribution < 1.29 is 9.18 Å². The van der Waals surface area contributed by atoms with Crippen LogP contribution in [0.25, 0.3) is 11.8 Å². The molecule has 134 valence electrons. The number of rotatable bonds is 4. The van der Waals surface area contributed by atoms with Gasteiger partial charge in [-0.2, -0.15) is 0 Å². The van der Waals surface area contributed by atoms with E-state index in [0.717, 1.165) is 28.1 Å². The maximum Gasteiger partial charge on any atom is 0.132 e. The minimum Gasteiger partial charge on any atom is -0.333 e. The summed E-state index contributed by atoms with van der Waals surface area (Å²) in [7, 11) is 0. The van der Waals surface area contributed by atoms with E-state index in [1.165, 1.54) is 12.1 Å². The van der Waals surface area contributed by atoms with Crippen LogP contribution in [0.5, 0.6) is 0 Å². The molecule has 0 fully saturated rings. The second kappa shape index (κ2) is 7.20. The van der Waals surface area contributed by atoms with Crippen LogP contribution in [0.15, 0.2) is 78.9 Å². The number of Topliss-reactive ketones (excluding diaryl/α,β-unsaturated/α-hetero) is 1. The zero-order valence-corrected chi connectivity index (χ0v) is 15.1. The topological polar surface area (TPSA) is 20.3 Å². The van der Waals surface area contributed by atoms with Gasteiger partial charge in [0.05, 0.1) is 6.04 Å². The molecule has 0 saturated carbocycles. The third-order valence-corrected chi connectivity index (χ3v) is 4.87. The first kappa shape index (κ1) is 17.2. The van der Waals surface area contributed by atoms with E-state index in [-0.39, 0.29) is 17.6 Å². The number of carbonyl (C=O) groups excluding carboxylic acids is 1. The van der Waals surface area contributed by atoms with Gasteiger partial charge in [-0.25, -0.2) is 4.39 Å². The minimum atomic E-state index is -0.274. The molecule has 0 bridgehead atoms. The summed E-state index contributed by atoms with van der Waals surface area (Å²) in [6.45, 7) is 1.62. The number of nitrogens with zero attached hydrogens (tertiary/aromatic N) is 1. The lowest BCUT2D eigenvalue weighted by Gasteiger charge is -2.39. The Morgan fingerprint density at radius 1 is 0.926 bits per heavy atom. The van der Waals surface area contributed by atoms with E-state index in [4.69, 9.17) is 0 Å². The van der Waals surface area contributed by atoms with Gasteiger partial charge in [0, 0.05) is 17.8 Å². The van der Waals surface area contributed by atoms with Crippen LogP contribution in [-0.2, 0) is 4.79 Å². The van der Waals surface area contributed by atoms with Crippen LogP contribution in [0.4, 0.5) is 10.1 Å². The highest BCUT2D eigenvalue weighted by Crippen LogP contribution is 2.43. The lowest BCUT2D eigenvalue weighted by molar-refractivity contribution is -0.117. The van der Waals surface area contributed by atoms with E-state index in [0.29, 0.717) is 6.42 Å². The van der Waals surface area contributed by atoms with Crippen molar-refractivity contribution in [1.82, 2.24) is 0 Å². The monoisotopic (exact) mass is 357 g/mol.